The van der Waals surface area contributed by atoms with Crippen molar-refractivity contribution in [1.82, 2.24) is 0 Å². The minimum Gasteiger partial charge on any atom is -0.493 e. The number of hydrogen-bond acceptors (Lipinski definition) is 3. The Morgan fingerprint density at radius 3 is 2.56 bits per heavy atom. The molecule has 0 aliphatic carbocycles. The fraction of sp³-hybridized carbons (Fsp3) is 0.600. The van der Waals surface area contributed by atoms with E-state index in [0.29, 0.717) is 6.61 Å². The van der Waals surface area contributed by atoms with Crippen molar-refractivity contribution < 1.29 is 14.9 Å². The standard InChI is InChI=1S/C15H24O3/c1-12-7-8-14(13(2)17)15(11-12)18-10-6-4-3-5-9-16/h7-8,11,13,16-17H,3-6,9-10H2,1-2H3. The molecule has 0 heterocycles. The first-order valence-electron chi connectivity index (χ1n) is 6.67. The topological polar surface area (TPSA) is 49.7 Å². The number of ether oxygens (including phenoxy) is 1. The van der Waals surface area contributed by atoms with Crippen LogP contribution in [0.4, 0.5) is 0 Å². The molecule has 0 saturated heterocycles. The van der Waals surface area contributed by atoms with Gasteiger partial charge in [-0.3, -0.25) is 0 Å². The zero-order valence-corrected chi connectivity index (χ0v) is 11.4. The highest BCUT2D eigenvalue weighted by Gasteiger charge is 2.08. The molecule has 3 nitrogen and oxygen atoms in total. The average Bonchev–Trinajstić information content (AvgIpc) is 2.33. The van der Waals surface area contributed by atoms with Crippen molar-refractivity contribution in [1.29, 1.82) is 0 Å². The van der Waals surface area contributed by atoms with Crippen LogP contribution < -0.4 is 4.74 Å². The van der Waals surface area contributed by atoms with E-state index < -0.39 is 6.10 Å². The van der Waals surface area contributed by atoms with Gasteiger partial charge in [0.1, 0.15) is 5.75 Å². The number of benzene rings is 1. The van der Waals surface area contributed by atoms with E-state index in [2.05, 4.69) is 0 Å². The summed E-state index contributed by atoms with van der Waals surface area (Å²) >= 11 is 0. The Morgan fingerprint density at radius 2 is 1.89 bits per heavy atom. The SMILES string of the molecule is Cc1ccc(C(C)O)c(OCCCCCCO)c1. The minimum atomic E-state index is -0.505. The molecule has 1 atom stereocenters. The first kappa shape index (κ1) is 15.0. The van der Waals surface area contributed by atoms with Crippen molar-refractivity contribution in [2.75, 3.05) is 13.2 Å². The van der Waals surface area contributed by atoms with E-state index in [4.69, 9.17) is 9.84 Å². The van der Waals surface area contributed by atoms with Crippen LogP contribution in [-0.2, 0) is 0 Å². The van der Waals surface area contributed by atoms with Crippen molar-refractivity contribution in [3.05, 3.63) is 29.3 Å². The molecule has 0 aromatic heterocycles. The molecule has 1 rings (SSSR count). The molecule has 0 amide bonds. The highest BCUT2D eigenvalue weighted by Crippen LogP contribution is 2.26. The van der Waals surface area contributed by atoms with E-state index >= 15 is 0 Å². The fourth-order valence-electron chi connectivity index (χ4n) is 1.86. The molecule has 0 bridgehead atoms. The Bertz CT molecular complexity index is 348. The maximum atomic E-state index is 9.66. The largest absolute Gasteiger partial charge is 0.493 e. The van der Waals surface area contributed by atoms with Crippen LogP contribution in [0, 0.1) is 6.92 Å². The van der Waals surface area contributed by atoms with Gasteiger partial charge in [-0.25, -0.2) is 0 Å². The van der Waals surface area contributed by atoms with Crippen LogP contribution in [-0.4, -0.2) is 23.4 Å². The molecule has 0 saturated carbocycles. The van der Waals surface area contributed by atoms with Crippen LogP contribution in [0.2, 0.25) is 0 Å². The molecule has 102 valence electrons. The first-order chi connectivity index (χ1) is 8.65. The summed E-state index contributed by atoms with van der Waals surface area (Å²) in [5.41, 5.74) is 1.98. The van der Waals surface area contributed by atoms with E-state index in [9.17, 15) is 5.11 Å². The van der Waals surface area contributed by atoms with Crippen molar-refractivity contribution in [2.24, 2.45) is 0 Å². The van der Waals surface area contributed by atoms with Gasteiger partial charge in [0.2, 0.25) is 0 Å². The maximum Gasteiger partial charge on any atom is 0.125 e. The van der Waals surface area contributed by atoms with Crippen LogP contribution in [0.15, 0.2) is 18.2 Å². The summed E-state index contributed by atoms with van der Waals surface area (Å²) in [5.74, 6) is 0.784. The van der Waals surface area contributed by atoms with Crippen LogP contribution in [0.25, 0.3) is 0 Å². The molecule has 1 aromatic carbocycles. The lowest BCUT2D eigenvalue weighted by molar-refractivity contribution is 0.190. The van der Waals surface area contributed by atoms with Crippen molar-refractivity contribution in [2.45, 2.75) is 45.6 Å². The number of hydrogen-bond donors (Lipinski definition) is 2. The summed E-state index contributed by atoms with van der Waals surface area (Å²) in [7, 11) is 0. The van der Waals surface area contributed by atoms with Crippen LogP contribution in [0.3, 0.4) is 0 Å². The molecule has 0 aliphatic heterocycles. The second-order valence-electron chi connectivity index (χ2n) is 4.70. The van der Waals surface area contributed by atoms with Gasteiger partial charge in [0.05, 0.1) is 12.7 Å². The minimum absolute atomic E-state index is 0.269. The smallest absolute Gasteiger partial charge is 0.125 e. The van der Waals surface area contributed by atoms with Gasteiger partial charge in [-0.05, 0) is 44.7 Å². The Labute approximate surface area is 109 Å². The Balaban J connectivity index is 2.43. The summed E-state index contributed by atoms with van der Waals surface area (Å²) < 4.78 is 5.74. The van der Waals surface area contributed by atoms with Gasteiger partial charge in [-0.2, -0.15) is 0 Å². The second kappa shape index (κ2) is 8.11. The highest BCUT2D eigenvalue weighted by molar-refractivity contribution is 5.38. The lowest BCUT2D eigenvalue weighted by Gasteiger charge is -2.14. The monoisotopic (exact) mass is 252 g/mol. The first-order valence-corrected chi connectivity index (χ1v) is 6.67. The van der Waals surface area contributed by atoms with Crippen molar-refractivity contribution in [3.63, 3.8) is 0 Å². The molecule has 0 spiro atoms. The van der Waals surface area contributed by atoms with Gasteiger partial charge in [0, 0.05) is 12.2 Å². The van der Waals surface area contributed by atoms with Crippen molar-refractivity contribution in [3.8, 4) is 5.75 Å². The Morgan fingerprint density at radius 1 is 1.17 bits per heavy atom. The zero-order valence-electron chi connectivity index (χ0n) is 11.4. The quantitative estimate of drug-likeness (QED) is 0.699. The summed E-state index contributed by atoms with van der Waals surface area (Å²) in [4.78, 5) is 0. The summed E-state index contributed by atoms with van der Waals surface area (Å²) in [6, 6.07) is 5.87. The molecule has 1 aromatic rings. The molecule has 18 heavy (non-hydrogen) atoms. The van der Waals surface area contributed by atoms with Crippen LogP contribution in [0.5, 0.6) is 5.75 Å². The third-order valence-electron chi connectivity index (χ3n) is 2.93. The van der Waals surface area contributed by atoms with Gasteiger partial charge >= 0.3 is 0 Å². The van der Waals surface area contributed by atoms with E-state index in [-0.39, 0.29) is 6.61 Å². The third-order valence-corrected chi connectivity index (χ3v) is 2.93. The molecule has 0 fully saturated rings. The molecular weight excluding hydrogens is 228 g/mol. The van der Waals surface area contributed by atoms with E-state index in [1.165, 1.54) is 0 Å². The third kappa shape index (κ3) is 5.07. The molecular formula is C15H24O3. The Hall–Kier alpha value is -1.06. The number of unbranched alkanes of at least 4 members (excludes halogenated alkanes) is 3. The van der Waals surface area contributed by atoms with Crippen molar-refractivity contribution >= 4 is 0 Å². The zero-order chi connectivity index (χ0) is 13.4. The van der Waals surface area contributed by atoms with E-state index in [0.717, 1.165) is 42.6 Å². The highest BCUT2D eigenvalue weighted by atomic mass is 16.5. The molecule has 1 unspecified atom stereocenters. The summed E-state index contributed by atoms with van der Waals surface area (Å²) in [6.45, 7) is 4.69. The Kier molecular flexibility index (Phi) is 6.76. The fourth-order valence-corrected chi connectivity index (χ4v) is 1.86. The average molecular weight is 252 g/mol. The van der Waals surface area contributed by atoms with Gasteiger partial charge in [-0.1, -0.05) is 18.6 Å². The van der Waals surface area contributed by atoms with Gasteiger partial charge in [0.15, 0.2) is 0 Å². The second-order valence-corrected chi connectivity index (χ2v) is 4.70. The van der Waals surface area contributed by atoms with E-state index in [1.54, 1.807) is 6.92 Å². The normalized spacial score (nSPS) is 12.4. The molecule has 0 radical (unpaired) electrons. The van der Waals surface area contributed by atoms with Crippen LogP contribution >= 0.6 is 0 Å². The maximum absolute atomic E-state index is 9.66. The van der Waals surface area contributed by atoms with Gasteiger partial charge in [-0.15, -0.1) is 0 Å². The lowest BCUT2D eigenvalue weighted by atomic mass is 10.1. The number of aliphatic hydroxyl groups excluding tert-OH is 2. The summed E-state index contributed by atoms with van der Waals surface area (Å²) in [6.07, 6.45) is 3.44. The number of aliphatic hydroxyl groups is 2. The van der Waals surface area contributed by atoms with Crippen LogP contribution in [0.1, 0.15) is 49.8 Å². The predicted molar refractivity (Wildman–Crippen MR) is 72.9 cm³/mol. The number of rotatable bonds is 8. The lowest BCUT2D eigenvalue weighted by Crippen LogP contribution is -2.03. The molecule has 3 heteroatoms. The van der Waals surface area contributed by atoms with E-state index in [1.807, 2.05) is 25.1 Å². The summed E-state index contributed by atoms with van der Waals surface area (Å²) in [5, 5.41) is 18.3. The molecule has 0 aliphatic rings. The molecule has 2 N–H and O–H groups in total. The van der Waals surface area contributed by atoms with Gasteiger partial charge in [0.25, 0.3) is 0 Å². The predicted octanol–water partition coefficient (Wildman–Crippen LogP) is 2.98. The number of aryl methyl sites for hydroxylation is 1. The van der Waals surface area contributed by atoms with Gasteiger partial charge < -0.3 is 14.9 Å².